The van der Waals surface area contributed by atoms with E-state index < -0.39 is 5.97 Å². The van der Waals surface area contributed by atoms with E-state index in [0.717, 1.165) is 0 Å². The molecule has 1 aliphatic rings. The zero-order valence-electron chi connectivity index (χ0n) is 11.8. The van der Waals surface area contributed by atoms with E-state index in [1.807, 2.05) is 0 Å². The van der Waals surface area contributed by atoms with Gasteiger partial charge in [-0.05, 0) is 17.7 Å². The molecule has 0 atom stereocenters. The van der Waals surface area contributed by atoms with Crippen LogP contribution in [0.4, 0.5) is 0 Å². The Bertz CT molecular complexity index is 649. The quantitative estimate of drug-likeness (QED) is 0.459. The fourth-order valence-electron chi connectivity index (χ4n) is 1.73. The van der Waals surface area contributed by atoms with Gasteiger partial charge < -0.3 is 4.74 Å². The molecule has 0 aromatic heterocycles. The third-order valence-corrected chi connectivity index (χ3v) is 2.80. The molecule has 1 aliphatic heterocycles. The summed E-state index contributed by atoms with van der Waals surface area (Å²) in [5, 5.41) is 7.51. The molecule has 2 amide bonds. The van der Waals surface area contributed by atoms with Gasteiger partial charge in [0.05, 0.1) is 37.4 Å². The number of hydrogen-bond donors (Lipinski definition) is 2. The van der Waals surface area contributed by atoms with Crippen LogP contribution in [0.1, 0.15) is 28.8 Å². The van der Waals surface area contributed by atoms with Gasteiger partial charge >= 0.3 is 5.97 Å². The van der Waals surface area contributed by atoms with E-state index in [-0.39, 0.29) is 24.7 Å². The molecular weight excluding hydrogens is 288 g/mol. The molecule has 22 heavy (non-hydrogen) atoms. The highest BCUT2D eigenvalue weighted by atomic mass is 16.5. The molecule has 0 saturated carbocycles. The maximum Gasteiger partial charge on any atom is 0.337 e. The van der Waals surface area contributed by atoms with Gasteiger partial charge in [-0.1, -0.05) is 12.1 Å². The first kappa shape index (κ1) is 15.4. The number of nitrogens with zero attached hydrogens (tertiary/aromatic N) is 2. The number of carbonyl (C=O) groups excluding carboxylic acids is 3. The van der Waals surface area contributed by atoms with Crippen molar-refractivity contribution in [1.29, 1.82) is 0 Å². The normalized spacial score (nSPS) is 13.7. The summed E-state index contributed by atoms with van der Waals surface area (Å²) in [6, 6.07) is 6.54. The first-order valence-corrected chi connectivity index (χ1v) is 6.43. The molecule has 0 aliphatic carbocycles. The van der Waals surface area contributed by atoms with Crippen molar-refractivity contribution >= 4 is 29.7 Å². The average molecular weight is 302 g/mol. The molecule has 0 spiro atoms. The van der Waals surface area contributed by atoms with Gasteiger partial charge in [-0.25, -0.2) is 15.6 Å². The summed E-state index contributed by atoms with van der Waals surface area (Å²) in [4.78, 5) is 33.7. The van der Waals surface area contributed by atoms with Crippen LogP contribution < -0.4 is 10.9 Å². The number of hydrazone groups is 2. The van der Waals surface area contributed by atoms with Crippen LogP contribution in [-0.2, 0) is 14.3 Å². The Hall–Kier alpha value is -3.03. The first-order chi connectivity index (χ1) is 10.6. The van der Waals surface area contributed by atoms with E-state index in [1.165, 1.54) is 13.3 Å². The lowest BCUT2D eigenvalue weighted by Crippen LogP contribution is -2.20. The van der Waals surface area contributed by atoms with E-state index in [1.54, 1.807) is 24.3 Å². The number of carbonyl (C=O) groups is 3. The van der Waals surface area contributed by atoms with E-state index in [9.17, 15) is 14.4 Å². The molecule has 114 valence electrons. The molecule has 1 heterocycles. The van der Waals surface area contributed by atoms with Crippen molar-refractivity contribution in [3.05, 3.63) is 35.4 Å². The minimum Gasteiger partial charge on any atom is -0.465 e. The van der Waals surface area contributed by atoms with Crippen molar-refractivity contribution in [2.24, 2.45) is 10.2 Å². The molecular formula is C14H14N4O4. The highest BCUT2D eigenvalue weighted by Gasteiger charge is 2.16. The van der Waals surface area contributed by atoms with Crippen molar-refractivity contribution in [3.63, 3.8) is 0 Å². The maximum atomic E-state index is 11.6. The monoisotopic (exact) mass is 302 g/mol. The van der Waals surface area contributed by atoms with Gasteiger partial charge in [0, 0.05) is 0 Å². The summed E-state index contributed by atoms with van der Waals surface area (Å²) in [7, 11) is 1.31. The Labute approximate surface area is 126 Å². The smallest absolute Gasteiger partial charge is 0.337 e. The van der Waals surface area contributed by atoms with E-state index in [0.29, 0.717) is 16.8 Å². The molecule has 0 bridgehead atoms. The molecule has 0 fully saturated rings. The van der Waals surface area contributed by atoms with Gasteiger partial charge in [0.2, 0.25) is 11.8 Å². The van der Waals surface area contributed by atoms with Gasteiger partial charge in [0.15, 0.2) is 0 Å². The second kappa shape index (κ2) is 7.11. The summed E-state index contributed by atoms with van der Waals surface area (Å²) >= 11 is 0. The molecule has 2 N–H and O–H groups in total. The Morgan fingerprint density at radius 1 is 1.41 bits per heavy atom. The Balaban J connectivity index is 1.83. The molecule has 0 saturated heterocycles. The van der Waals surface area contributed by atoms with E-state index >= 15 is 0 Å². The number of rotatable bonds is 5. The molecule has 1 aromatic carbocycles. The molecule has 8 nitrogen and oxygen atoms in total. The number of esters is 1. The summed E-state index contributed by atoms with van der Waals surface area (Å²) in [5.41, 5.74) is 6.22. The van der Waals surface area contributed by atoms with Gasteiger partial charge in [-0.2, -0.15) is 10.2 Å². The zero-order valence-corrected chi connectivity index (χ0v) is 11.8. The van der Waals surface area contributed by atoms with Crippen molar-refractivity contribution < 1.29 is 19.1 Å². The second-order valence-electron chi connectivity index (χ2n) is 4.47. The number of amides is 2. The Kier molecular flexibility index (Phi) is 4.97. The third-order valence-electron chi connectivity index (χ3n) is 2.80. The lowest BCUT2D eigenvalue weighted by atomic mass is 10.1. The van der Waals surface area contributed by atoms with Crippen LogP contribution in [0.25, 0.3) is 0 Å². The van der Waals surface area contributed by atoms with Crippen molar-refractivity contribution in [2.45, 2.75) is 12.8 Å². The summed E-state index contributed by atoms with van der Waals surface area (Å²) in [6.07, 6.45) is 1.59. The second-order valence-corrected chi connectivity index (χ2v) is 4.47. The first-order valence-electron chi connectivity index (χ1n) is 6.43. The third kappa shape index (κ3) is 4.23. The standard InChI is InChI=1S/C14H14N4O4/c1-22-14(21)10-4-2-9(3-5-10)8-15-17-12(19)6-11-7-13(20)18-16-11/h2-5,8H,6-7H2,1H3,(H,17,19)(H,18,20)/b15-8+. The summed E-state index contributed by atoms with van der Waals surface area (Å²) in [6.45, 7) is 0. The van der Waals surface area contributed by atoms with Crippen molar-refractivity contribution in [2.75, 3.05) is 7.11 Å². The van der Waals surface area contributed by atoms with Crippen LogP contribution in [0, 0.1) is 0 Å². The number of methoxy groups -OCH3 is 1. The molecule has 2 rings (SSSR count). The van der Waals surface area contributed by atoms with Crippen molar-refractivity contribution in [1.82, 2.24) is 10.9 Å². The van der Waals surface area contributed by atoms with Crippen LogP contribution in [0.5, 0.6) is 0 Å². The fraction of sp³-hybridized carbons (Fsp3) is 0.214. The predicted octanol–water partition coefficient (Wildman–Crippen LogP) is 0.189. The predicted molar refractivity (Wildman–Crippen MR) is 78.3 cm³/mol. The SMILES string of the molecule is COC(=O)c1ccc(/C=N/NC(=O)CC2=NNC(=O)C2)cc1. The highest BCUT2D eigenvalue weighted by molar-refractivity contribution is 6.11. The summed E-state index contributed by atoms with van der Waals surface area (Å²) in [5.74, 6) is -1.01. The van der Waals surface area contributed by atoms with Crippen LogP contribution in [0.15, 0.2) is 34.5 Å². The Morgan fingerprint density at radius 3 is 2.73 bits per heavy atom. The van der Waals surface area contributed by atoms with Gasteiger partial charge in [0.1, 0.15) is 0 Å². The number of nitrogens with one attached hydrogen (secondary N) is 2. The zero-order chi connectivity index (χ0) is 15.9. The van der Waals surface area contributed by atoms with Gasteiger partial charge in [-0.3, -0.25) is 9.59 Å². The molecule has 8 heteroatoms. The van der Waals surface area contributed by atoms with Gasteiger partial charge in [0.25, 0.3) is 0 Å². The largest absolute Gasteiger partial charge is 0.465 e. The minimum atomic E-state index is -0.419. The summed E-state index contributed by atoms with van der Waals surface area (Å²) < 4.78 is 4.59. The highest BCUT2D eigenvalue weighted by Crippen LogP contribution is 2.04. The van der Waals surface area contributed by atoms with E-state index in [4.69, 9.17) is 0 Å². The van der Waals surface area contributed by atoms with Gasteiger partial charge in [-0.15, -0.1) is 0 Å². The van der Waals surface area contributed by atoms with Crippen LogP contribution >= 0.6 is 0 Å². The molecule has 0 radical (unpaired) electrons. The average Bonchev–Trinajstić information content (AvgIpc) is 2.92. The van der Waals surface area contributed by atoms with Crippen LogP contribution in [-0.4, -0.2) is 36.8 Å². The number of ether oxygens (including phenoxy) is 1. The van der Waals surface area contributed by atoms with Crippen molar-refractivity contribution in [3.8, 4) is 0 Å². The van der Waals surface area contributed by atoms with Crippen LogP contribution in [0.2, 0.25) is 0 Å². The van der Waals surface area contributed by atoms with E-state index in [2.05, 4.69) is 25.8 Å². The number of hydrogen-bond acceptors (Lipinski definition) is 6. The Morgan fingerprint density at radius 2 is 2.14 bits per heavy atom. The van der Waals surface area contributed by atoms with Crippen LogP contribution in [0.3, 0.4) is 0 Å². The lowest BCUT2D eigenvalue weighted by molar-refractivity contribution is -0.119. The maximum absolute atomic E-state index is 11.6. The molecule has 1 aromatic rings. The molecule has 0 unspecified atom stereocenters. The lowest BCUT2D eigenvalue weighted by Gasteiger charge is -2.00. The number of benzene rings is 1. The minimum absolute atomic E-state index is 0.0113. The fourth-order valence-corrected chi connectivity index (χ4v) is 1.73. The topological polar surface area (TPSA) is 109 Å².